The molecule has 0 aliphatic carbocycles. The molecule has 1 amide bonds. The summed E-state index contributed by atoms with van der Waals surface area (Å²) in [5.41, 5.74) is 0.748. The highest BCUT2D eigenvalue weighted by Crippen LogP contribution is 2.12. The first kappa shape index (κ1) is 30.7. The standard InChI is InChI=1S/C31H43NO4/c1-2-3-4-5-6-7-8-9-10-11-12-13-14-15-16-17-18-19-20-21-30(34)32-29(31(35)36)26-27-22-24-28(33)25-23-27/h3-4,6-7,9-10,12-13,15-16,22-25,29,33H,2,5,8,11,14,17-21,26H2,1H3,(H,32,34)(H,35,36)/b4-3-,7-6-,10-9-,13-12-,16-15-/t29-/m0/s1. The normalized spacial score (nSPS) is 13.0. The molecule has 1 aromatic carbocycles. The van der Waals surface area contributed by atoms with E-state index in [2.05, 4.69) is 73.0 Å². The zero-order chi connectivity index (χ0) is 26.3. The molecule has 0 heterocycles. The van der Waals surface area contributed by atoms with Gasteiger partial charge in [-0.1, -0.05) is 86.2 Å². The van der Waals surface area contributed by atoms with E-state index in [9.17, 15) is 19.8 Å². The minimum absolute atomic E-state index is 0.124. The lowest BCUT2D eigenvalue weighted by atomic mass is 10.1. The van der Waals surface area contributed by atoms with Gasteiger partial charge in [-0.25, -0.2) is 4.79 Å². The van der Waals surface area contributed by atoms with Gasteiger partial charge in [-0.05, 0) is 69.1 Å². The average molecular weight is 494 g/mol. The van der Waals surface area contributed by atoms with Crippen molar-refractivity contribution in [3.63, 3.8) is 0 Å². The van der Waals surface area contributed by atoms with Crippen molar-refractivity contribution in [2.24, 2.45) is 0 Å². The number of benzene rings is 1. The maximum absolute atomic E-state index is 12.1. The quantitative estimate of drug-likeness (QED) is 0.140. The maximum atomic E-state index is 12.1. The highest BCUT2D eigenvalue weighted by atomic mass is 16.4. The van der Waals surface area contributed by atoms with Crippen LogP contribution >= 0.6 is 0 Å². The molecule has 0 spiro atoms. The van der Waals surface area contributed by atoms with E-state index in [4.69, 9.17) is 0 Å². The second-order valence-electron chi connectivity index (χ2n) is 8.64. The van der Waals surface area contributed by atoms with E-state index in [0.717, 1.165) is 63.4 Å². The summed E-state index contributed by atoms with van der Waals surface area (Å²) >= 11 is 0. The Kier molecular flexibility index (Phi) is 17.9. The zero-order valence-corrected chi connectivity index (χ0v) is 21.6. The largest absolute Gasteiger partial charge is 0.508 e. The van der Waals surface area contributed by atoms with Crippen molar-refractivity contribution in [1.82, 2.24) is 5.32 Å². The summed E-state index contributed by atoms with van der Waals surface area (Å²) in [7, 11) is 0. The molecule has 0 radical (unpaired) electrons. The summed E-state index contributed by atoms with van der Waals surface area (Å²) in [6, 6.07) is 5.36. The SMILES string of the molecule is CC/C=C\C/C=C\C/C=C\C/C=C\C/C=C\CCCCCC(=O)N[C@@H](Cc1ccc(O)cc1)C(=O)O. The third kappa shape index (κ3) is 17.1. The first-order valence-corrected chi connectivity index (χ1v) is 13.1. The van der Waals surface area contributed by atoms with Gasteiger partial charge in [-0.15, -0.1) is 0 Å². The van der Waals surface area contributed by atoms with E-state index in [1.807, 2.05) is 0 Å². The summed E-state index contributed by atoms with van der Waals surface area (Å²) in [4.78, 5) is 23.6. The smallest absolute Gasteiger partial charge is 0.326 e. The van der Waals surface area contributed by atoms with Gasteiger partial charge in [0.1, 0.15) is 11.8 Å². The number of carboxylic acids is 1. The monoisotopic (exact) mass is 493 g/mol. The lowest BCUT2D eigenvalue weighted by Crippen LogP contribution is -2.42. The third-order valence-corrected chi connectivity index (χ3v) is 5.44. The Labute approximate surface area is 217 Å². The van der Waals surface area contributed by atoms with Crippen molar-refractivity contribution < 1.29 is 19.8 Å². The average Bonchev–Trinajstić information content (AvgIpc) is 2.86. The van der Waals surface area contributed by atoms with Crippen molar-refractivity contribution >= 4 is 11.9 Å². The van der Waals surface area contributed by atoms with E-state index in [1.54, 1.807) is 12.1 Å². The fourth-order valence-electron chi connectivity index (χ4n) is 3.43. The molecule has 0 fully saturated rings. The number of carboxylic acid groups (broad SMARTS) is 1. The summed E-state index contributed by atoms with van der Waals surface area (Å²) in [6.45, 7) is 2.14. The summed E-state index contributed by atoms with van der Waals surface area (Å²) in [5.74, 6) is -1.18. The number of carbonyl (C=O) groups is 2. The molecule has 5 heteroatoms. The molecule has 0 bridgehead atoms. The van der Waals surface area contributed by atoms with Crippen LogP contribution in [0, 0.1) is 0 Å². The Balaban J connectivity index is 2.07. The Bertz CT molecular complexity index is 878. The van der Waals surface area contributed by atoms with Crippen LogP contribution in [0.4, 0.5) is 0 Å². The van der Waals surface area contributed by atoms with E-state index in [0.29, 0.717) is 6.42 Å². The van der Waals surface area contributed by atoms with Crippen molar-refractivity contribution in [1.29, 1.82) is 0 Å². The predicted octanol–water partition coefficient (Wildman–Crippen LogP) is 7.21. The van der Waals surface area contributed by atoms with Crippen LogP contribution in [-0.4, -0.2) is 28.1 Å². The lowest BCUT2D eigenvalue weighted by molar-refractivity contribution is -0.141. The number of amides is 1. The Morgan fingerprint density at radius 3 is 1.83 bits per heavy atom. The van der Waals surface area contributed by atoms with E-state index < -0.39 is 12.0 Å². The summed E-state index contributed by atoms with van der Waals surface area (Å²) in [6.07, 6.45) is 31.0. The Hall–Kier alpha value is -3.34. The molecule has 196 valence electrons. The van der Waals surface area contributed by atoms with Crippen molar-refractivity contribution in [2.75, 3.05) is 0 Å². The second-order valence-corrected chi connectivity index (χ2v) is 8.64. The van der Waals surface area contributed by atoms with E-state index >= 15 is 0 Å². The van der Waals surface area contributed by atoms with Crippen molar-refractivity contribution in [2.45, 2.75) is 83.6 Å². The highest BCUT2D eigenvalue weighted by molar-refractivity contribution is 5.83. The van der Waals surface area contributed by atoms with E-state index in [1.165, 1.54) is 12.1 Å². The number of phenolic OH excluding ortho intramolecular Hbond substituents is 1. The minimum Gasteiger partial charge on any atom is -0.508 e. The number of carbonyl (C=O) groups excluding carboxylic acids is 1. The number of rotatable bonds is 19. The van der Waals surface area contributed by atoms with Gasteiger partial charge >= 0.3 is 5.97 Å². The molecule has 0 saturated carbocycles. The molecule has 1 atom stereocenters. The number of hydrogen-bond donors (Lipinski definition) is 3. The number of nitrogens with one attached hydrogen (secondary N) is 1. The van der Waals surface area contributed by atoms with Crippen LogP contribution in [0.1, 0.15) is 76.7 Å². The molecule has 3 N–H and O–H groups in total. The highest BCUT2D eigenvalue weighted by Gasteiger charge is 2.20. The molecule has 0 aliphatic rings. The molecular formula is C31H43NO4. The molecule has 1 aromatic rings. The number of allylic oxidation sites excluding steroid dienone is 10. The Morgan fingerprint density at radius 2 is 1.31 bits per heavy atom. The van der Waals surface area contributed by atoms with Crippen LogP contribution in [0.2, 0.25) is 0 Å². The van der Waals surface area contributed by atoms with Crippen LogP contribution in [0.15, 0.2) is 85.0 Å². The van der Waals surface area contributed by atoms with E-state index in [-0.39, 0.29) is 18.1 Å². The third-order valence-electron chi connectivity index (χ3n) is 5.44. The Morgan fingerprint density at radius 1 is 0.778 bits per heavy atom. The van der Waals surface area contributed by atoms with Gasteiger partial charge in [-0.2, -0.15) is 0 Å². The van der Waals surface area contributed by atoms with Gasteiger partial charge in [0, 0.05) is 12.8 Å². The van der Waals surface area contributed by atoms with Crippen LogP contribution in [0.25, 0.3) is 0 Å². The summed E-state index contributed by atoms with van der Waals surface area (Å²) in [5, 5.41) is 21.3. The topological polar surface area (TPSA) is 86.6 Å². The first-order chi connectivity index (χ1) is 17.5. The molecule has 1 rings (SSSR count). The van der Waals surface area contributed by atoms with Crippen LogP contribution in [0.5, 0.6) is 5.75 Å². The van der Waals surface area contributed by atoms with Gasteiger partial charge < -0.3 is 15.5 Å². The molecule has 0 aromatic heterocycles. The number of phenols is 1. The molecule has 36 heavy (non-hydrogen) atoms. The fourth-order valence-corrected chi connectivity index (χ4v) is 3.43. The molecule has 0 aliphatic heterocycles. The van der Waals surface area contributed by atoms with Gasteiger partial charge in [-0.3, -0.25) is 4.79 Å². The zero-order valence-electron chi connectivity index (χ0n) is 21.6. The first-order valence-electron chi connectivity index (χ1n) is 13.1. The van der Waals surface area contributed by atoms with Gasteiger partial charge in [0.05, 0.1) is 0 Å². The second kappa shape index (κ2) is 21.0. The molecule has 0 saturated heterocycles. The minimum atomic E-state index is -1.06. The number of unbranched alkanes of at least 4 members (excludes halogenated alkanes) is 3. The van der Waals surface area contributed by atoms with Crippen LogP contribution in [0.3, 0.4) is 0 Å². The number of hydrogen-bond acceptors (Lipinski definition) is 3. The van der Waals surface area contributed by atoms with Gasteiger partial charge in [0.15, 0.2) is 0 Å². The molecule has 0 unspecified atom stereocenters. The van der Waals surface area contributed by atoms with Gasteiger partial charge in [0.25, 0.3) is 0 Å². The number of aliphatic carboxylic acids is 1. The fraction of sp³-hybridized carbons (Fsp3) is 0.419. The number of aromatic hydroxyl groups is 1. The summed E-state index contributed by atoms with van der Waals surface area (Å²) < 4.78 is 0. The molecular weight excluding hydrogens is 450 g/mol. The lowest BCUT2D eigenvalue weighted by Gasteiger charge is -2.14. The van der Waals surface area contributed by atoms with Crippen molar-refractivity contribution in [3.8, 4) is 5.75 Å². The predicted molar refractivity (Wildman–Crippen MR) is 149 cm³/mol. The van der Waals surface area contributed by atoms with Crippen LogP contribution in [-0.2, 0) is 16.0 Å². The van der Waals surface area contributed by atoms with Gasteiger partial charge in [0.2, 0.25) is 5.91 Å². The van der Waals surface area contributed by atoms with Crippen LogP contribution < -0.4 is 5.32 Å². The maximum Gasteiger partial charge on any atom is 0.326 e. The molecule has 5 nitrogen and oxygen atoms in total. The van der Waals surface area contributed by atoms with Crippen molar-refractivity contribution in [3.05, 3.63) is 90.6 Å².